The third-order valence-corrected chi connectivity index (χ3v) is 3.37. The summed E-state index contributed by atoms with van der Waals surface area (Å²) in [6.07, 6.45) is 0. The second kappa shape index (κ2) is 6.93. The van der Waals surface area contributed by atoms with Crippen LogP contribution < -0.4 is 24.3 Å². The minimum atomic E-state index is 0.593. The first-order valence-corrected chi connectivity index (χ1v) is 6.85. The van der Waals surface area contributed by atoms with Crippen molar-refractivity contribution in [3.05, 3.63) is 35.9 Å². The van der Waals surface area contributed by atoms with Gasteiger partial charge in [-0.1, -0.05) is 12.1 Å². The molecule has 0 saturated heterocycles. The number of ether oxygens (including phenoxy) is 4. The van der Waals surface area contributed by atoms with Crippen molar-refractivity contribution in [2.24, 2.45) is 0 Å². The van der Waals surface area contributed by atoms with Crippen molar-refractivity contribution in [3.63, 3.8) is 0 Å². The molecule has 0 aliphatic rings. The Labute approximate surface area is 130 Å². The van der Waals surface area contributed by atoms with Gasteiger partial charge in [-0.3, -0.25) is 0 Å². The number of para-hydroxylation sites is 1. The minimum Gasteiger partial charge on any atom is -0.497 e. The summed E-state index contributed by atoms with van der Waals surface area (Å²) < 4.78 is 21.6. The molecule has 2 aromatic carbocycles. The molecule has 118 valence electrons. The van der Waals surface area contributed by atoms with E-state index in [0.717, 1.165) is 22.7 Å². The van der Waals surface area contributed by atoms with Gasteiger partial charge in [0.2, 0.25) is 0 Å². The third kappa shape index (κ3) is 3.03. The molecule has 0 radical (unpaired) electrons. The Bertz CT molecular complexity index is 655. The van der Waals surface area contributed by atoms with Crippen molar-refractivity contribution < 1.29 is 18.9 Å². The number of anilines is 2. The van der Waals surface area contributed by atoms with Crippen LogP contribution in [-0.2, 0) is 0 Å². The minimum absolute atomic E-state index is 0.593. The Morgan fingerprint density at radius 2 is 1.50 bits per heavy atom. The van der Waals surface area contributed by atoms with Crippen LogP contribution >= 0.6 is 0 Å². The molecule has 0 heterocycles. The van der Waals surface area contributed by atoms with E-state index in [1.165, 1.54) is 0 Å². The lowest BCUT2D eigenvalue weighted by atomic mass is 10.1. The lowest BCUT2D eigenvalue weighted by molar-refractivity contribution is 0.350. The molecular formula is C17H21NO4. The van der Waals surface area contributed by atoms with Gasteiger partial charge in [-0.15, -0.1) is 0 Å². The first-order chi connectivity index (χ1) is 10.6. The smallest absolute Gasteiger partial charge is 0.184 e. The van der Waals surface area contributed by atoms with E-state index in [1.807, 2.05) is 31.2 Å². The number of hydrogen-bond acceptors (Lipinski definition) is 5. The molecule has 1 N–H and O–H groups in total. The van der Waals surface area contributed by atoms with Crippen molar-refractivity contribution >= 4 is 11.4 Å². The molecule has 0 fully saturated rings. The molecule has 0 atom stereocenters. The van der Waals surface area contributed by atoms with Gasteiger partial charge in [-0.2, -0.15) is 0 Å². The predicted molar refractivity (Wildman–Crippen MR) is 87.1 cm³/mol. The molecule has 0 bridgehead atoms. The molecule has 0 saturated carbocycles. The van der Waals surface area contributed by atoms with Gasteiger partial charge in [-0.05, 0) is 18.6 Å². The molecule has 5 heteroatoms. The predicted octanol–water partition coefficient (Wildman–Crippen LogP) is 3.77. The summed E-state index contributed by atoms with van der Waals surface area (Å²) >= 11 is 0. The average Bonchev–Trinajstić information content (AvgIpc) is 2.54. The molecule has 0 aromatic heterocycles. The summed E-state index contributed by atoms with van der Waals surface area (Å²) in [4.78, 5) is 0. The van der Waals surface area contributed by atoms with Crippen LogP contribution in [0.4, 0.5) is 11.4 Å². The van der Waals surface area contributed by atoms with E-state index in [1.54, 1.807) is 34.5 Å². The fourth-order valence-corrected chi connectivity index (χ4v) is 2.32. The van der Waals surface area contributed by atoms with Gasteiger partial charge >= 0.3 is 0 Å². The average molecular weight is 303 g/mol. The van der Waals surface area contributed by atoms with Gasteiger partial charge in [0.15, 0.2) is 11.5 Å². The van der Waals surface area contributed by atoms with Gasteiger partial charge in [-0.25, -0.2) is 0 Å². The molecule has 0 aliphatic carbocycles. The molecule has 0 amide bonds. The van der Waals surface area contributed by atoms with E-state index in [9.17, 15) is 0 Å². The van der Waals surface area contributed by atoms with Crippen LogP contribution in [-0.4, -0.2) is 28.4 Å². The molecule has 2 rings (SSSR count). The molecule has 2 aromatic rings. The molecule has 0 spiro atoms. The quantitative estimate of drug-likeness (QED) is 0.880. The maximum Gasteiger partial charge on any atom is 0.184 e. The van der Waals surface area contributed by atoms with E-state index in [4.69, 9.17) is 18.9 Å². The first-order valence-electron chi connectivity index (χ1n) is 6.85. The fourth-order valence-electron chi connectivity index (χ4n) is 2.32. The Balaban J connectivity index is 2.51. The van der Waals surface area contributed by atoms with Crippen LogP contribution in [0.15, 0.2) is 30.3 Å². The standard InChI is InChI=1S/C17H21NO4/c1-11-7-6-8-13(16(11)21-4)18-14-9-12(19-2)10-15(20-3)17(14)22-5/h6-10,18H,1-5H3. The highest BCUT2D eigenvalue weighted by Gasteiger charge is 2.15. The highest BCUT2D eigenvalue weighted by Crippen LogP contribution is 2.42. The number of aryl methyl sites for hydroxylation is 1. The van der Waals surface area contributed by atoms with E-state index < -0.39 is 0 Å². The van der Waals surface area contributed by atoms with Crippen LogP contribution in [0.5, 0.6) is 23.0 Å². The molecule has 5 nitrogen and oxygen atoms in total. The topological polar surface area (TPSA) is 49.0 Å². The van der Waals surface area contributed by atoms with Crippen molar-refractivity contribution in [3.8, 4) is 23.0 Å². The number of nitrogens with one attached hydrogen (secondary N) is 1. The number of methoxy groups -OCH3 is 4. The van der Waals surface area contributed by atoms with Crippen molar-refractivity contribution in [1.29, 1.82) is 0 Å². The van der Waals surface area contributed by atoms with Gasteiger partial charge in [0, 0.05) is 12.1 Å². The maximum atomic E-state index is 5.47. The fraction of sp³-hybridized carbons (Fsp3) is 0.294. The highest BCUT2D eigenvalue weighted by molar-refractivity contribution is 5.75. The normalized spacial score (nSPS) is 10.0. The van der Waals surface area contributed by atoms with Crippen molar-refractivity contribution in [2.45, 2.75) is 6.92 Å². The monoisotopic (exact) mass is 303 g/mol. The van der Waals surface area contributed by atoms with Crippen LogP contribution in [0.2, 0.25) is 0 Å². The summed E-state index contributed by atoms with van der Waals surface area (Å²) in [5, 5.41) is 3.32. The lowest BCUT2D eigenvalue weighted by Crippen LogP contribution is -2.01. The highest BCUT2D eigenvalue weighted by atomic mass is 16.5. The van der Waals surface area contributed by atoms with E-state index in [-0.39, 0.29) is 0 Å². The van der Waals surface area contributed by atoms with Crippen LogP contribution in [0.1, 0.15) is 5.56 Å². The SMILES string of the molecule is COc1cc(Nc2cccc(C)c2OC)c(OC)c(OC)c1. The number of rotatable bonds is 6. The summed E-state index contributed by atoms with van der Waals surface area (Å²) in [5.41, 5.74) is 2.63. The first kappa shape index (κ1) is 15.8. The zero-order valence-electron chi connectivity index (χ0n) is 13.5. The Kier molecular flexibility index (Phi) is 4.99. The second-order valence-electron chi connectivity index (χ2n) is 4.69. The Morgan fingerprint density at radius 1 is 0.773 bits per heavy atom. The van der Waals surface area contributed by atoms with E-state index >= 15 is 0 Å². The van der Waals surface area contributed by atoms with Crippen molar-refractivity contribution in [1.82, 2.24) is 0 Å². The summed E-state index contributed by atoms with van der Waals surface area (Å²) in [6.45, 7) is 1.99. The molecule has 0 aliphatic heterocycles. The Morgan fingerprint density at radius 3 is 2.09 bits per heavy atom. The zero-order chi connectivity index (χ0) is 16.1. The van der Waals surface area contributed by atoms with Gasteiger partial charge in [0.1, 0.15) is 11.5 Å². The van der Waals surface area contributed by atoms with Gasteiger partial charge < -0.3 is 24.3 Å². The third-order valence-electron chi connectivity index (χ3n) is 3.37. The summed E-state index contributed by atoms with van der Waals surface area (Å²) in [7, 11) is 6.45. The zero-order valence-corrected chi connectivity index (χ0v) is 13.5. The second-order valence-corrected chi connectivity index (χ2v) is 4.69. The van der Waals surface area contributed by atoms with Crippen molar-refractivity contribution in [2.75, 3.05) is 33.8 Å². The largest absolute Gasteiger partial charge is 0.497 e. The summed E-state index contributed by atoms with van der Waals surface area (Å²) in [6, 6.07) is 9.52. The van der Waals surface area contributed by atoms with Crippen LogP contribution in [0.25, 0.3) is 0 Å². The Hall–Kier alpha value is -2.56. The lowest BCUT2D eigenvalue weighted by Gasteiger charge is -2.18. The number of hydrogen-bond donors (Lipinski definition) is 1. The maximum absolute atomic E-state index is 5.47. The molecule has 22 heavy (non-hydrogen) atoms. The van der Waals surface area contributed by atoms with Gasteiger partial charge in [0.25, 0.3) is 0 Å². The van der Waals surface area contributed by atoms with Crippen LogP contribution in [0.3, 0.4) is 0 Å². The number of benzene rings is 2. The summed E-state index contributed by atoms with van der Waals surface area (Å²) in [5.74, 6) is 2.65. The van der Waals surface area contributed by atoms with Gasteiger partial charge in [0.05, 0.1) is 39.8 Å². The van der Waals surface area contributed by atoms with E-state index in [0.29, 0.717) is 17.2 Å². The molecular weight excluding hydrogens is 282 g/mol. The van der Waals surface area contributed by atoms with E-state index in [2.05, 4.69) is 5.32 Å². The van der Waals surface area contributed by atoms with Crippen LogP contribution in [0, 0.1) is 6.92 Å². The molecule has 0 unspecified atom stereocenters.